The van der Waals surface area contributed by atoms with E-state index in [0.29, 0.717) is 6.42 Å². The Morgan fingerprint density at radius 2 is 2.05 bits per heavy atom. The maximum atomic E-state index is 13.5. The topological polar surface area (TPSA) is 80.5 Å². The molecule has 0 saturated carbocycles. The van der Waals surface area contributed by atoms with Crippen molar-refractivity contribution in [3.8, 4) is 0 Å². The first-order chi connectivity index (χ1) is 8.94. The lowest BCUT2D eigenvalue weighted by Crippen LogP contribution is -2.34. The number of nitrogens with zero attached hydrogens (tertiary/aromatic N) is 2. The molecule has 0 aliphatic carbocycles. The summed E-state index contributed by atoms with van der Waals surface area (Å²) in [6.45, 7) is 0.364. The highest BCUT2D eigenvalue weighted by Gasteiger charge is 2.33. The highest BCUT2D eigenvalue weighted by Crippen LogP contribution is 2.29. The van der Waals surface area contributed by atoms with Gasteiger partial charge in [0, 0.05) is 13.1 Å². The van der Waals surface area contributed by atoms with Gasteiger partial charge in [-0.1, -0.05) is 18.2 Å². The second kappa shape index (κ2) is 5.06. The molecule has 1 aromatic carbocycles. The van der Waals surface area contributed by atoms with Crippen LogP contribution < -0.4 is 0 Å². The molecule has 102 valence electrons. The highest BCUT2D eigenvalue weighted by atomic mass is 32.2. The molecule has 1 heterocycles. The summed E-state index contributed by atoms with van der Waals surface area (Å²) >= 11 is 0. The number of hydrogen-bond acceptors (Lipinski definition) is 4. The molecule has 1 aromatic rings. The quantitative estimate of drug-likeness (QED) is 0.481. The van der Waals surface area contributed by atoms with Gasteiger partial charge in [0.15, 0.2) is 4.90 Å². The van der Waals surface area contributed by atoms with Crippen LogP contribution in [0.25, 0.3) is 0 Å². The third-order valence-corrected chi connectivity index (χ3v) is 4.67. The van der Waals surface area contributed by atoms with Crippen molar-refractivity contribution in [2.24, 2.45) is 0 Å². The van der Waals surface area contributed by atoms with Crippen LogP contribution in [0.5, 0.6) is 0 Å². The summed E-state index contributed by atoms with van der Waals surface area (Å²) in [5.41, 5.74) is -1.00. The predicted octanol–water partition coefficient (Wildman–Crippen LogP) is 1.68. The molecule has 0 bridgehead atoms. The molecular formula is C11H11FN2O4S. The lowest BCUT2D eigenvalue weighted by atomic mass is 10.3. The zero-order valence-electron chi connectivity index (χ0n) is 9.82. The molecule has 0 N–H and O–H groups in total. The van der Waals surface area contributed by atoms with Gasteiger partial charge in [0.05, 0.1) is 4.92 Å². The predicted molar refractivity (Wildman–Crippen MR) is 65.6 cm³/mol. The van der Waals surface area contributed by atoms with Crippen molar-refractivity contribution in [2.45, 2.75) is 11.3 Å². The van der Waals surface area contributed by atoms with Gasteiger partial charge >= 0.3 is 5.69 Å². The van der Waals surface area contributed by atoms with E-state index < -0.39 is 31.3 Å². The zero-order valence-corrected chi connectivity index (χ0v) is 10.6. The van der Waals surface area contributed by atoms with Gasteiger partial charge in [-0.2, -0.15) is 8.70 Å². The number of hydrogen-bond donors (Lipinski definition) is 0. The van der Waals surface area contributed by atoms with Crippen molar-refractivity contribution in [2.75, 3.05) is 13.1 Å². The molecule has 0 amide bonds. The van der Waals surface area contributed by atoms with Crippen molar-refractivity contribution >= 4 is 15.7 Å². The van der Waals surface area contributed by atoms with Crippen molar-refractivity contribution in [1.29, 1.82) is 0 Å². The normalized spacial score (nSPS) is 16.5. The maximum Gasteiger partial charge on any atom is 0.324 e. The summed E-state index contributed by atoms with van der Waals surface area (Å²) in [4.78, 5) is 9.22. The molecule has 6 nitrogen and oxygen atoms in total. The fourth-order valence-electron chi connectivity index (χ4n) is 1.86. The van der Waals surface area contributed by atoms with Gasteiger partial charge in [0.2, 0.25) is 15.8 Å². The average Bonchev–Trinajstić information content (AvgIpc) is 2.39. The molecule has 0 radical (unpaired) electrons. The van der Waals surface area contributed by atoms with Gasteiger partial charge in [0.25, 0.3) is 0 Å². The Balaban J connectivity index is 2.55. The van der Waals surface area contributed by atoms with Gasteiger partial charge in [-0.15, -0.1) is 0 Å². The molecule has 2 rings (SSSR count). The van der Waals surface area contributed by atoms with E-state index in [2.05, 4.69) is 0 Å². The van der Waals surface area contributed by atoms with Gasteiger partial charge in [-0.25, -0.2) is 8.42 Å². The zero-order chi connectivity index (χ0) is 14.0. The molecule has 0 unspecified atom stereocenters. The van der Waals surface area contributed by atoms with Crippen LogP contribution in [-0.4, -0.2) is 30.7 Å². The molecule has 8 heteroatoms. The van der Waals surface area contributed by atoms with E-state index in [0.717, 1.165) is 22.5 Å². The van der Waals surface area contributed by atoms with Crippen LogP contribution in [-0.2, 0) is 10.0 Å². The fourth-order valence-corrected chi connectivity index (χ4v) is 3.43. The second-order valence-electron chi connectivity index (χ2n) is 3.97. The number of nitro groups is 1. The van der Waals surface area contributed by atoms with Gasteiger partial charge in [-0.05, 0) is 18.6 Å². The number of nitro benzene ring substituents is 1. The lowest BCUT2D eigenvalue weighted by molar-refractivity contribution is -0.390. The Kier molecular flexibility index (Phi) is 3.63. The molecular weight excluding hydrogens is 275 g/mol. The minimum atomic E-state index is -4.06. The SMILES string of the molecule is O=[N+]([O-])c1c(F)cccc1S(=O)(=O)N1CC=CCC1. The molecule has 1 aliphatic heterocycles. The summed E-state index contributed by atoms with van der Waals surface area (Å²) in [6.07, 6.45) is 4.01. The Labute approximate surface area is 109 Å². The standard InChI is InChI=1S/C11H11FN2O4S/c12-9-5-4-6-10(11(9)14(15)16)19(17,18)13-7-2-1-3-8-13/h1-2,4-6H,3,7-8H2. The van der Waals surface area contributed by atoms with E-state index in [1.165, 1.54) is 0 Å². The van der Waals surface area contributed by atoms with Crippen molar-refractivity contribution in [3.05, 3.63) is 46.3 Å². The molecule has 19 heavy (non-hydrogen) atoms. The van der Waals surface area contributed by atoms with Crippen LogP contribution in [0.3, 0.4) is 0 Å². The molecule has 1 aliphatic rings. The number of halogens is 1. The minimum Gasteiger partial charge on any atom is -0.258 e. The largest absolute Gasteiger partial charge is 0.324 e. The number of benzene rings is 1. The summed E-state index contributed by atoms with van der Waals surface area (Å²) in [7, 11) is -4.06. The van der Waals surface area contributed by atoms with Crippen LogP contribution in [0.15, 0.2) is 35.2 Å². The first-order valence-corrected chi connectivity index (χ1v) is 6.96. The number of rotatable bonds is 3. The van der Waals surface area contributed by atoms with Crippen LogP contribution in [0.2, 0.25) is 0 Å². The summed E-state index contributed by atoms with van der Waals surface area (Å²) in [6, 6.07) is 3.07. The minimum absolute atomic E-state index is 0.135. The maximum absolute atomic E-state index is 13.5. The summed E-state index contributed by atoms with van der Waals surface area (Å²) < 4.78 is 39.1. The van der Waals surface area contributed by atoms with Crippen LogP contribution in [0.1, 0.15) is 6.42 Å². The van der Waals surface area contributed by atoms with Crippen molar-refractivity contribution in [3.63, 3.8) is 0 Å². The van der Waals surface area contributed by atoms with Gasteiger partial charge < -0.3 is 0 Å². The van der Waals surface area contributed by atoms with Crippen molar-refractivity contribution < 1.29 is 17.7 Å². The first-order valence-electron chi connectivity index (χ1n) is 5.52. The Hall–Kier alpha value is -1.80. The van der Waals surface area contributed by atoms with E-state index in [-0.39, 0.29) is 13.1 Å². The average molecular weight is 286 g/mol. The summed E-state index contributed by atoms with van der Waals surface area (Å²) in [5.74, 6) is -1.15. The molecule has 0 saturated heterocycles. The van der Waals surface area contributed by atoms with E-state index in [4.69, 9.17) is 0 Å². The van der Waals surface area contributed by atoms with Gasteiger partial charge in [-0.3, -0.25) is 10.1 Å². The number of sulfonamides is 1. The third kappa shape index (κ3) is 2.49. The van der Waals surface area contributed by atoms with Crippen LogP contribution in [0.4, 0.5) is 10.1 Å². The third-order valence-electron chi connectivity index (χ3n) is 2.77. The fraction of sp³-hybridized carbons (Fsp3) is 0.273. The Morgan fingerprint density at radius 1 is 1.32 bits per heavy atom. The molecule has 0 atom stereocenters. The monoisotopic (exact) mass is 286 g/mol. The van der Waals surface area contributed by atoms with E-state index in [1.54, 1.807) is 6.08 Å². The van der Waals surface area contributed by atoms with Crippen LogP contribution in [0, 0.1) is 15.9 Å². The van der Waals surface area contributed by atoms with E-state index in [9.17, 15) is 22.9 Å². The second-order valence-corrected chi connectivity index (χ2v) is 5.87. The van der Waals surface area contributed by atoms with E-state index >= 15 is 0 Å². The first kappa shape index (κ1) is 13.6. The molecule has 0 fully saturated rings. The molecule has 0 spiro atoms. The van der Waals surface area contributed by atoms with E-state index in [1.807, 2.05) is 6.08 Å². The lowest BCUT2D eigenvalue weighted by Gasteiger charge is -2.22. The summed E-state index contributed by atoms with van der Waals surface area (Å²) in [5, 5.41) is 10.8. The van der Waals surface area contributed by atoms with Gasteiger partial charge in [0.1, 0.15) is 0 Å². The van der Waals surface area contributed by atoms with Crippen LogP contribution >= 0.6 is 0 Å². The Bertz CT molecular complexity index is 642. The van der Waals surface area contributed by atoms with Crippen molar-refractivity contribution in [1.82, 2.24) is 4.31 Å². The Morgan fingerprint density at radius 3 is 2.63 bits per heavy atom. The number of para-hydroxylation sites is 1. The molecule has 0 aromatic heterocycles. The highest BCUT2D eigenvalue weighted by molar-refractivity contribution is 7.89. The smallest absolute Gasteiger partial charge is 0.258 e.